The van der Waals surface area contributed by atoms with Gasteiger partial charge in [0.15, 0.2) is 11.7 Å². The highest BCUT2D eigenvalue weighted by Gasteiger charge is 2.12. The van der Waals surface area contributed by atoms with Crippen molar-refractivity contribution in [2.24, 2.45) is 0 Å². The van der Waals surface area contributed by atoms with Gasteiger partial charge in [0.2, 0.25) is 0 Å². The van der Waals surface area contributed by atoms with Crippen LogP contribution in [-0.2, 0) is 6.42 Å². The van der Waals surface area contributed by atoms with Crippen LogP contribution < -0.4 is 5.32 Å². The Labute approximate surface area is 138 Å². The summed E-state index contributed by atoms with van der Waals surface area (Å²) < 4.78 is 6.91. The number of benzene rings is 1. The van der Waals surface area contributed by atoms with E-state index in [0.29, 0.717) is 5.02 Å². The Morgan fingerprint density at radius 2 is 2.10 bits per heavy atom. The Bertz CT molecular complexity index is 590. The van der Waals surface area contributed by atoms with Crippen LogP contribution in [0.3, 0.4) is 0 Å². The molecule has 0 aliphatic carbocycles. The fourth-order valence-electron chi connectivity index (χ4n) is 1.78. The lowest BCUT2D eigenvalue weighted by atomic mass is 10.1. The highest BCUT2D eigenvalue weighted by molar-refractivity contribution is 14.1. The maximum absolute atomic E-state index is 6.03. The van der Waals surface area contributed by atoms with Crippen LogP contribution in [0.1, 0.15) is 26.7 Å². The summed E-state index contributed by atoms with van der Waals surface area (Å²) in [5, 5.41) is 4.12. The van der Waals surface area contributed by atoms with Crippen LogP contribution in [-0.4, -0.2) is 17.1 Å². The maximum Gasteiger partial charge on any atom is 0.196 e. The molecule has 0 aliphatic heterocycles. The summed E-state index contributed by atoms with van der Waals surface area (Å²) in [6.07, 6.45) is 2.54. The van der Waals surface area contributed by atoms with E-state index in [0.717, 1.165) is 33.8 Å². The van der Waals surface area contributed by atoms with Crippen molar-refractivity contribution in [1.82, 2.24) is 10.3 Å². The minimum atomic E-state index is 0.109. The van der Waals surface area contributed by atoms with Gasteiger partial charge in [0.05, 0.1) is 6.20 Å². The molecule has 0 spiro atoms. The van der Waals surface area contributed by atoms with E-state index in [1.165, 1.54) is 0 Å². The van der Waals surface area contributed by atoms with Crippen LogP contribution in [0.15, 0.2) is 28.8 Å². The number of rotatable bonds is 4. The van der Waals surface area contributed by atoms with Crippen LogP contribution >= 0.6 is 34.2 Å². The quantitative estimate of drug-likeness (QED) is 0.761. The van der Waals surface area contributed by atoms with Gasteiger partial charge in [-0.1, -0.05) is 11.6 Å². The van der Waals surface area contributed by atoms with Crippen molar-refractivity contribution in [2.45, 2.75) is 32.7 Å². The molecule has 0 bridgehead atoms. The topological polar surface area (TPSA) is 38.1 Å². The summed E-state index contributed by atoms with van der Waals surface area (Å²) in [4.78, 5) is 4.33. The van der Waals surface area contributed by atoms with Crippen molar-refractivity contribution in [1.29, 1.82) is 0 Å². The van der Waals surface area contributed by atoms with Crippen molar-refractivity contribution >= 4 is 34.2 Å². The van der Waals surface area contributed by atoms with Crippen molar-refractivity contribution in [2.75, 3.05) is 6.54 Å². The van der Waals surface area contributed by atoms with Crippen LogP contribution in [0, 0.1) is 3.57 Å². The minimum Gasteiger partial charge on any atom is -0.441 e. The van der Waals surface area contributed by atoms with Gasteiger partial charge in [-0.15, -0.1) is 0 Å². The molecule has 1 N–H and O–H groups in total. The summed E-state index contributed by atoms with van der Waals surface area (Å²) >= 11 is 8.30. The molecule has 3 nitrogen and oxygen atoms in total. The predicted molar refractivity (Wildman–Crippen MR) is 91.1 cm³/mol. The second-order valence-electron chi connectivity index (χ2n) is 5.67. The van der Waals surface area contributed by atoms with Gasteiger partial charge in [-0.05, 0) is 61.6 Å². The normalized spacial score (nSPS) is 11.8. The predicted octanol–water partition coefficient (Wildman–Crippen LogP) is 4.53. The standard InChI is InChI=1S/C15H18ClIN2O/c1-15(2,3)19-7-6-14-18-9-13(20-14)11-8-10(16)4-5-12(11)17/h4-5,8-9,19H,6-7H2,1-3H3. The molecule has 0 aliphatic rings. The lowest BCUT2D eigenvalue weighted by molar-refractivity contribution is 0.412. The van der Waals surface area contributed by atoms with Gasteiger partial charge < -0.3 is 9.73 Å². The first kappa shape index (κ1) is 15.8. The average molecular weight is 405 g/mol. The molecule has 0 unspecified atom stereocenters. The van der Waals surface area contributed by atoms with E-state index in [2.05, 4.69) is 53.7 Å². The zero-order valence-electron chi connectivity index (χ0n) is 11.8. The van der Waals surface area contributed by atoms with Crippen molar-refractivity contribution in [3.63, 3.8) is 0 Å². The Balaban J connectivity index is 2.07. The lowest BCUT2D eigenvalue weighted by Crippen LogP contribution is -2.37. The van der Waals surface area contributed by atoms with Crippen LogP contribution in [0.4, 0.5) is 0 Å². The Hall–Kier alpha value is -0.590. The molecule has 0 amide bonds. The van der Waals surface area contributed by atoms with E-state index in [1.807, 2.05) is 18.2 Å². The van der Waals surface area contributed by atoms with Crippen molar-refractivity contribution in [3.8, 4) is 11.3 Å². The maximum atomic E-state index is 6.03. The van der Waals surface area contributed by atoms with Gasteiger partial charge in [-0.25, -0.2) is 4.98 Å². The molecule has 0 atom stereocenters. The Kier molecular flexibility index (Phi) is 5.09. The SMILES string of the molecule is CC(C)(C)NCCc1ncc(-c2cc(Cl)ccc2I)o1. The molecule has 1 heterocycles. The largest absolute Gasteiger partial charge is 0.441 e. The van der Waals surface area contributed by atoms with E-state index < -0.39 is 0 Å². The number of oxazole rings is 1. The van der Waals surface area contributed by atoms with Gasteiger partial charge in [-0.2, -0.15) is 0 Å². The van der Waals surface area contributed by atoms with E-state index in [9.17, 15) is 0 Å². The Morgan fingerprint density at radius 3 is 2.80 bits per heavy atom. The van der Waals surface area contributed by atoms with Gasteiger partial charge in [0.1, 0.15) is 0 Å². The van der Waals surface area contributed by atoms with Gasteiger partial charge in [-0.3, -0.25) is 0 Å². The summed E-state index contributed by atoms with van der Waals surface area (Å²) in [5.41, 5.74) is 1.10. The lowest BCUT2D eigenvalue weighted by Gasteiger charge is -2.19. The molecule has 1 aromatic heterocycles. The second-order valence-corrected chi connectivity index (χ2v) is 7.27. The smallest absolute Gasteiger partial charge is 0.196 e. The number of hydrogen-bond donors (Lipinski definition) is 1. The third-order valence-electron chi connectivity index (χ3n) is 2.74. The molecule has 5 heteroatoms. The number of nitrogens with zero attached hydrogens (tertiary/aromatic N) is 1. The van der Waals surface area contributed by atoms with E-state index >= 15 is 0 Å². The molecule has 0 radical (unpaired) electrons. The third-order valence-corrected chi connectivity index (χ3v) is 3.92. The molecular formula is C15H18ClIN2O. The van der Waals surface area contributed by atoms with E-state index in [1.54, 1.807) is 6.20 Å². The molecule has 0 saturated carbocycles. The molecular weight excluding hydrogens is 387 g/mol. The fourth-order valence-corrected chi connectivity index (χ4v) is 2.55. The highest BCUT2D eigenvalue weighted by atomic mass is 127. The second kappa shape index (κ2) is 6.45. The average Bonchev–Trinajstić information content (AvgIpc) is 2.79. The molecule has 0 saturated heterocycles. The molecule has 2 aromatic rings. The first-order chi connectivity index (χ1) is 9.35. The highest BCUT2D eigenvalue weighted by Crippen LogP contribution is 2.28. The number of hydrogen-bond acceptors (Lipinski definition) is 3. The number of halogens is 2. The molecule has 108 valence electrons. The zero-order chi connectivity index (χ0) is 14.8. The monoisotopic (exact) mass is 404 g/mol. The first-order valence-electron chi connectivity index (χ1n) is 6.50. The van der Waals surface area contributed by atoms with E-state index in [-0.39, 0.29) is 5.54 Å². The molecule has 1 aromatic carbocycles. The van der Waals surface area contributed by atoms with Crippen LogP contribution in [0.5, 0.6) is 0 Å². The summed E-state index contributed by atoms with van der Waals surface area (Å²) in [7, 11) is 0. The zero-order valence-corrected chi connectivity index (χ0v) is 14.7. The first-order valence-corrected chi connectivity index (χ1v) is 7.96. The summed E-state index contributed by atoms with van der Waals surface area (Å²) in [6, 6.07) is 5.75. The fraction of sp³-hybridized carbons (Fsp3) is 0.400. The third kappa shape index (κ3) is 4.46. The van der Waals surface area contributed by atoms with Gasteiger partial charge in [0.25, 0.3) is 0 Å². The van der Waals surface area contributed by atoms with Gasteiger partial charge >= 0.3 is 0 Å². The van der Waals surface area contributed by atoms with Crippen LogP contribution in [0.25, 0.3) is 11.3 Å². The molecule has 0 fully saturated rings. The van der Waals surface area contributed by atoms with Crippen molar-refractivity contribution < 1.29 is 4.42 Å². The van der Waals surface area contributed by atoms with Crippen molar-refractivity contribution in [3.05, 3.63) is 38.9 Å². The van der Waals surface area contributed by atoms with Crippen LogP contribution in [0.2, 0.25) is 5.02 Å². The summed E-state index contributed by atoms with van der Waals surface area (Å²) in [6.45, 7) is 7.27. The molecule has 20 heavy (non-hydrogen) atoms. The minimum absolute atomic E-state index is 0.109. The number of nitrogens with one attached hydrogen (secondary N) is 1. The molecule has 2 rings (SSSR count). The number of aromatic nitrogens is 1. The van der Waals surface area contributed by atoms with E-state index in [4.69, 9.17) is 16.0 Å². The van der Waals surface area contributed by atoms with Gasteiger partial charge in [0, 0.05) is 32.7 Å². The Morgan fingerprint density at radius 1 is 1.35 bits per heavy atom. The summed E-state index contributed by atoms with van der Waals surface area (Å²) in [5.74, 6) is 1.51.